The van der Waals surface area contributed by atoms with Gasteiger partial charge in [-0.25, -0.2) is 0 Å². The van der Waals surface area contributed by atoms with Gasteiger partial charge in [0.15, 0.2) is 0 Å². The smallest absolute Gasteiger partial charge is 0.307 e. The predicted octanol–water partition coefficient (Wildman–Crippen LogP) is 2.20. The first-order valence-electron chi connectivity index (χ1n) is 7.59. The monoisotopic (exact) mass is 289 g/mol. The lowest BCUT2D eigenvalue weighted by atomic mass is 9.83. The van der Waals surface area contributed by atoms with Crippen LogP contribution < -0.4 is 0 Å². The molecule has 0 N–H and O–H groups in total. The zero-order valence-corrected chi connectivity index (χ0v) is 12.8. The van der Waals surface area contributed by atoms with Gasteiger partial charge in [0.05, 0.1) is 13.0 Å². The van der Waals surface area contributed by atoms with E-state index in [1.165, 1.54) is 11.1 Å². The van der Waals surface area contributed by atoms with Crippen molar-refractivity contribution >= 4 is 11.9 Å². The van der Waals surface area contributed by atoms with Crippen LogP contribution in [0.5, 0.6) is 0 Å². The Balaban J connectivity index is 1.88. The van der Waals surface area contributed by atoms with Gasteiger partial charge < -0.3 is 9.64 Å². The first-order chi connectivity index (χ1) is 10.1. The van der Waals surface area contributed by atoms with Crippen molar-refractivity contribution in [3.63, 3.8) is 0 Å². The van der Waals surface area contributed by atoms with Crippen molar-refractivity contribution in [3.8, 4) is 0 Å². The number of ether oxygens (including phenoxy) is 1. The van der Waals surface area contributed by atoms with Crippen molar-refractivity contribution in [2.24, 2.45) is 5.92 Å². The van der Waals surface area contributed by atoms with Crippen LogP contribution in [0.2, 0.25) is 0 Å². The Kier molecular flexibility index (Phi) is 5.37. The van der Waals surface area contributed by atoms with Crippen molar-refractivity contribution in [1.29, 1.82) is 0 Å². The number of amides is 1. The van der Waals surface area contributed by atoms with Gasteiger partial charge in [-0.2, -0.15) is 0 Å². The van der Waals surface area contributed by atoms with Crippen LogP contribution in [-0.2, 0) is 27.2 Å². The Hall–Kier alpha value is -1.84. The molecule has 1 amide bonds. The van der Waals surface area contributed by atoms with Crippen LogP contribution in [0.15, 0.2) is 24.3 Å². The fourth-order valence-corrected chi connectivity index (χ4v) is 2.82. The summed E-state index contributed by atoms with van der Waals surface area (Å²) in [4.78, 5) is 25.5. The fourth-order valence-electron chi connectivity index (χ4n) is 2.82. The number of nitrogens with zero attached hydrogens (tertiary/aromatic N) is 1. The molecule has 1 aliphatic carbocycles. The molecule has 0 heterocycles. The maximum atomic E-state index is 12.5. The lowest BCUT2D eigenvalue weighted by molar-refractivity contribution is -0.144. The minimum atomic E-state index is -0.244. The van der Waals surface area contributed by atoms with Gasteiger partial charge in [0, 0.05) is 19.5 Å². The van der Waals surface area contributed by atoms with Gasteiger partial charge >= 0.3 is 5.97 Å². The molecule has 0 radical (unpaired) electrons. The average molecular weight is 289 g/mol. The Morgan fingerprint density at radius 3 is 2.71 bits per heavy atom. The second-order valence-corrected chi connectivity index (χ2v) is 5.52. The normalized spacial score (nSPS) is 17.0. The third-order valence-corrected chi connectivity index (χ3v) is 4.03. The van der Waals surface area contributed by atoms with Crippen molar-refractivity contribution in [1.82, 2.24) is 4.90 Å². The summed E-state index contributed by atoms with van der Waals surface area (Å²) < 4.78 is 4.89. The Labute approximate surface area is 126 Å². The third-order valence-electron chi connectivity index (χ3n) is 4.03. The summed E-state index contributed by atoms with van der Waals surface area (Å²) >= 11 is 0. The third kappa shape index (κ3) is 4.06. The maximum Gasteiger partial charge on any atom is 0.307 e. The first kappa shape index (κ1) is 15.5. The molecule has 0 saturated heterocycles. The quantitative estimate of drug-likeness (QED) is 0.781. The van der Waals surface area contributed by atoms with Crippen molar-refractivity contribution < 1.29 is 14.3 Å². The van der Waals surface area contributed by atoms with E-state index in [1.807, 2.05) is 12.1 Å². The first-order valence-corrected chi connectivity index (χ1v) is 7.59. The van der Waals surface area contributed by atoms with Crippen molar-refractivity contribution in [2.75, 3.05) is 20.2 Å². The highest BCUT2D eigenvalue weighted by Gasteiger charge is 2.26. The predicted molar refractivity (Wildman–Crippen MR) is 80.8 cm³/mol. The molecular formula is C17H23NO3. The molecule has 0 fully saturated rings. The van der Waals surface area contributed by atoms with E-state index in [2.05, 4.69) is 12.1 Å². The Bertz CT molecular complexity index is 513. The second-order valence-electron chi connectivity index (χ2n) is 5.52. The van der Waals surface area contributed by atoms with Gasteiger partial charge in [-0.05, 0) is 37.3 Å². The Morgan fingerprint density at radius 2 is 2.00 bits per heavy atom. The van der Waals surface area contributed by atoms with Gasteiger partial charge in [-0.1, -0.05) is 24.3 Å². The van der Waals surface area contributed by atoms with Crippen molar-refractivity contribution in [3.05, 3.63) is 35.4 Å². The lowest BCUT2D eigenvalue weighted by Crippen LogP contribution is -2.37. The van der Waals surface area contributed by atoms with E-state index in [4.69, 9.17) is 4.74 Å². The van der Waals surface area contributed by atoms with Crippen LogP contribution in [0.3, 0.4) is 0 Å². The van der Waals surface area contributed by atoms with E-state index in [1.54, 1.807) is 18.9 Å². The van der Waals surface area contributed by atoms with Crippen LogP contribution in [0.4, 0.5) is 0 Å². The van der Waals surface area contributed by atoms with E-state index in [9.17, 15) is 9.59 Å². The maximum absolute atomic E-state index is 12.5. The zero-order valence-electron chi connectivity index (χ0n) is 12.8. The minimum Gasteiger partial charge on any atom is -0.466 e. The molecule has 2 rings (SSSR count). The van der Waals surface area contributed by atoms with Gasteiger partial charge in [0.1, 0.15) is 0 Å². The molecule has 0 spiro atoms. The molecule has 0 aliphatic heterocycles. The number of benzene rings is 1. The summed E-state index contributed by atoms with van der Waals surface area (Å²) in [5, 5.41) is 0. The number of esters is 1. The molecule has 1 unspecified atom stereocenters. The summed E-state index contributed by atoms with van der Waals surface area (Å²) in [6.07, 6.45) is 2.91. The summed E-state index contributed by atoms with van der Waals surface area (Å²) in [6.45, 7) is 2.60. The van der Waals surface area contributed by atoms with Crippen LogP contribution in [0, 0.1) is 5.92 Å². The number of hydrogen-bond acceptors (Lipinski definition) is 3. The average Bonchev–Trinajstić information content (AvgIpc) is 2.51. The minimum absolute atomic E-state index is 0.0343. The van der Waals surface area contributed by atoms with Crippen LogP contribution in [0.25, 0.3) is 0 Å². The molecule has 1 aromatic carbocycles. The Morgan fingerprint density at radius 1 is 1.29 bits per heavy atom. The number of rotatable bonds is 5. The summed E-state index contributed by atoms with van der Waals surface area (Å²) in [7, 11) is 1.77. The highest BCUT2D eigenvalue weighted by molar-refractivity contribution is 5.80. The summed E-state index contributed by atoms with van der Waals surface area (Å²) in [5.41, 5.74) is 2.64. The van der Waals surface area contributed by atoms with E-state index < -0.39 is 0 Å². The van der Waals surface area contributed by atoms with E-state index >= 15 is 0 Å². The van der Waals surface area contributed by atoms with Gasteiger partial charge in [0.25, 0.3) is 0 Å². The van der Waals surface area contributed by atoms with Crippen molar-refractivity contribution in [2.45, 2.75) is 32.6 Å². The molecular weight excluding hydrogens is 266 g/mol. The molecule has 0 bridgehead atoms. The summed E-state index contributed by atoms with van der Waals surface area (Å²) in [6, 6.07) is 8.32. The topological polar surface area (TPSA) is 46.6 Å². The molecule has 21 heavy (non-hydrogen) atoms. The van der Waals surface area contributed by atoms with E-state index in [0.717, 1.165) is 19.3 Å². The van der Waals surface area contributed by atoms with E-state index in [-0.39, 0.29) is 24.2 Å². The highest BCUT2D eigenvalue weighted by Crippen LogP contribution is 2.26. The molecule has 114 valence electrons. The molecule has 1 aromatic rings. The molecule has 1 atom stereocenters. The number of fused-ring (bicyclic) bond motifs is 1. The summed E-state index contributed by atoms with van der Waals surface area (Å²) in [5.74, 6) is -0.0768. The largest absolute Gasteiger partial charge is 0.466 e. The number of carbonyl (C=O) groups is 2. The standard InChI is InChI=1S/C17H23NO3/c1-3-21-16(19)10-11-18(2)17(20)15-9-8-13-6-4-5-7-14(13)12-15/h4-7,15H,3,8-12H2,1-2H3. The zero-order chi connectivity index (χ0) is 15.2. The molecule has 4 nitrogen and oxygen atoms in total. The number of aryl methyl sites for hydroxylation is 1. The SMILES string of the molecule is CCOC(=O)CCN(C)C(=O)C1CCc2ccccc2C1. The van der Waals surface area contributed by atoms with Gasteiger partial charge in [-0.3, -0.25) is 9.59 Å². The van der Waals surface area contributed by atoms with Crippen LogP contribution in [0.1, 0.15) is 30.9 Å². The molecule has 0 saturated carbocycles. The molecule has 4 heteroatoms. The van der Waals surface area contributed by atoms with Gasteiger partial charge in [0.2, 0.25) is 5.91 Å². The molecule has 0 aromatic heterocycles. The number of carbonyl (C=O) groups excluding carboxylic acids is 2. The van der Waals surface area contributed by atoms with E-state index in [0.29, 0.717) is 13.2 Å². The second kappa shape index (κ2) is 7.25. The number of hydrogen-bond donors (Lipinski definition) is 0. The molecule has 1 aliphatic rings. The fraction of sp³-hybridized carbons (Fsp3) is 0.529. The van der Waals surface area contributed by atoms with Crippen LogP contribution in [-0.4, -0.2) is 37.0 Å². The lowest BCUT2D eigenvalue weighted by Gasteiger charge is -2.27. The highest BCUT2D eigenvalue weighted by atomic mass is 16.5. The van der Waals surface area contributed by atoms with Gasteiger partial charge in [-0.15, -0.1) is 0 Å². The van der Waals surface area contributed by atoms with Crippen LogP contribution >= 0.6 is 0 Å².